The van der Waals surface area contributed by atoms with Crippen LogP contribution < -0.4 is 4.74 Å². The van der Waals surface area contributed by atoms with E-state index in [0.29, 0.717) is 10.6 Å². The minimum absolute atomic E-state index is 0.0222. The van der Waals surface area contributed by atoms with Crippen LogP contribution in [0.3, 0.4) is 0 Å². The van der Waals surface area contributed by atoms with Crippen LogP contribution in [-0.2, 0) is 0 Å². The molecule has 2 aromatic rings. The van der Waals surface area contributed by atoms with Crippen molar-refractivity contribution in [1.29, 1.82) is 0 Å². The molecule has 98 valence electrons. The van der Waals surface area contributed by atoms with Crippen LogP contribution in [-0.4, -0.2) is 17.3 Å². The van der Waals surface area contributed by atoms with E-state index in [-0.39, 0.29) is 23.1 Å². The van der Waals surface area contributed by atoms with Crippen LogP contribution in [0.15, 0.2) is 35.7 Å². The molecule has 1 aromatic carbocycles. The van der Waals surface area contributed by atoms with Crippen LogP contribution >= 0.6 is 22.9 Å². The predicted molar refractivity (Wildman–Crippen MR) is 72.3 cm³/mol. The van der Waals surface area contributed by atoms with Gasteiger partial charge in [-0.25, -0.2) is 0 Å². The van der Waals surface area contributed by atoms with Gasteiger partial charge in [0.2, 0.25) is 5.78 Å². The van der Waals surface area contributed by atoms with Gasteiger partial charge in [-0.1, -0.05) is 17.7 Å². The largest absolute Gasteiger partial charge is 0.485 e. The van der Waals surface area contributed by atoms with Crippen LogP contribution in [0, 0.1) is 10.1 Å². The fourth-order valence-electron chi connectivity index (χ4n) is 1.38. The number of carbonyl (C=O) groups is 1. The highest BCUT2D eigenvalue weighted by Gasteiger charge is 2.13. The number of nitro groups is 1. The molecule has 0 unspecified atom stereocenters. The maximum absolute atomic E-state index is 11.7. The van der Waals surface area contributed by atoms with Crippen molar-refractivity contribution in [2.45, 2.75) is 0 Å². The zero-order valence-corrected chi connectivity index (χ0v) is 11.1. The number of nitro benzene ring substituents is 1. The Balaban J connectivity index is 2.02. The standard InChI is InChI=1S/C12H8ClNO4S/c13-9-6-8(3-4-10(9)14(16)17)18-7-11(15)12-2-1-5-19-12/h1-6H,7H2. The van der Waals surface area contributed by atoms with Crippen molar-refractivity contribution in [3.05, 3.63) is 55.7 Å². The third-order valence-electron chi connectivity index (χ3n) is 2.28. The van der Waals surface area contributed by atoms with Gasteiger partial charge >= 0.3 is 0 Å². The van der Waals surface area contributed by atoms with Gasteiger partial charge in [0.1, 0.15) is 10.8 Å². The normalized spacial score (nSPS) is 10.2. The first-order valence-corrected chi connectivity index (χ1v) is 6.47. The molecule has 5 nitrogen and oxygen atoms in total. The van der Waals surface area contributed by atoms with Gasteiger partial charge in [-0.2, -0.15) is 0 Å². The number of thiophene rings is 1. The van der Waals surface area contributed by atoms with Crippen molar-refractivity contribution in [3.63, 3.8) is 0 Å². The first kappa shape index (κ1) is 13.5. The predicted octanol–water partition coefficient (Wildman–Crippen LogP) is 3.57. The van der Waals surface area contributed by atoms with Crippen molar-refractivity contribution in [2.75, 3.05) is 6.61 Å². The van der Waals surface area contributed by atoms with Gasteiger partial charge in [0, 0.05) is 12.1 Å². The van der Waals surface area contributed by atoms with E-state index in [0.717, 1.165) is 0 Å². The Morgan fingerprint density at radius 2 is 2.21 bits per heavy atom. The lowest BCUT2D eigenvalue weighted by molar-refractivity contribution is -0.384. The van der Waals surface area contributed by atoms with E-state index in [2.05, 4.69) is 0 Å². The zero-order valence-electron chi connectivity index (χ0n) is 9.54. The molecule has 0 radical (unpaired) electrons. The highest BCUT2D eigenvalue weighted by atomic mass is 35.5. The maximum Gasteiger partial charge on any atom is 0.288 e. The Hall–Kier alpha value is -1.92. The fraction of sp³-hybridized carbons (Fsp3) is 0.0833. The zero-order chi connectivity index (χ0) is 13.8. The quantitative estimate of drug-likeness (QED) is 0.480. The van der Waals surface area contributed by atoms with E-state index in [4.69, 9.17) is 16.3 Å². The minimum atomic E-state index is -0.580. The number of hydrogen-bond donors (Lipinski definition) is 0. The number of carbonyl (C=O) groups excluding carboxylic acids is 1. The minimum Gasteiger partial charge on any atom is -0.485 e. The molecule has 0 amide bonds. The SMILES string of the molecule is O=C(COc1ccc([N+](=O)[O-])c(Cl)c1)c1cccs1. The Kier molecular flexibility index (Phi) is 4.13. The second-order valence-electron chi connectivity index (χ2n) is 3.56. The molecule has 0 N–H and O–H groups in total. The molecule has 0 aliphatic heterocycles. The molecule has 1 aromatic heterocycles. The van der Waals surface area contributed by atoms with Gasteiger partial charge in [0.25, 0.3) is 5.69 Å². The highest BCUT2D eigenvalue weighted by molar-refractivity contribution is 7.12. The fourth-order valence-corrected chi connectivity index (χ4v) is 2.27. The average Bonchev–Trinajstić information content (AvgIpc) is 2.89. The number of ketones is 1. The molecule has 1 heterocycles. The van der Waals surface area contributed by atoms with Gasteiger partial charge in [-0.15, -0.1) is 11.3 Å². The number of rotatable bonds is 5. The second-order valence-corrected chi connectivity index (χ2v) is 4.91. The van der Waals surface area contributed by atoms with Crippen molar-refractivity contribution in [2.24, 2.45) is 0 Å². The van der Waals surface area contributed by atoms with E-state index in [1.165, 1.54) is 29.5 Å². The molecule has 0 spiro atoms. The summed E-state index contributed by atoms with van der Waals surface area (Å²) in [6.07, 6.45) is 0. The summed E-state index contributed by atoms with van der Waals surface area (Å²) in [4.78, 5) is 22.3. The molecule has 0 saturated heterocycles. The first-order chi connectivity index (χ1) is 9.08. The Labute approximate surface area is 117 Å². The third kappa shape index (κ3) is 3.30. The lowest BCUT2D eigenvalue weighted by Gasteiger charge is -2.05. The van der Waals surface area contributed by atoms with E-state index in [9.17, 15) is 14.9 Å². The Bertz CT molecular complexity index is 612. The van der Waals surface area contributed by atoms with Crippen molar-refractivity contribution in [3.8, 4) is 5.75 Å². The third-order valence-corrected chi connectivity index (χ3v) is 3.50. The summed E-state index contributed by atoms with van der Waals surface area (Å²) in [5.41, 5.74) is -0.196. The molecule has 0 saturated carbocycles. The van der Waals surface area contributed by atoms with Gasteiger partial charge < -0.3 is 4.74 Å². The van der Waals surface area contributed by atoms with E-state index in [1.54, 1.807) is 17.5 Å². The van der Waals surface area contributed by atoms with Gasteiger partial charge in [0.15, 0.2) is 6.61 Å². The average molecular weight is 298 g/mol. The van der Waals surface area contributed by atoms with Gasteiger partial charge in [0.05, 0.1) is 9.80 Å². The van der Waals surface area contributed by atoms with Crippen molar-refractivity contribution >= 4 is 34.4 Å². The summed E-state index contributed by atoms with van der Waals surface area (Å²) in [6.45, 7) is -0.130. The van der Waals surface area contributed by atoms with E-state index >= 15 is 0 Å². The topological polar surface area (TPSA) is 69.4 Å². The highest BCUT2D eigenvalue weighted by Crippen LogP contribution is 2.28. The number of hydrogen-bond acceptors (Lipinski definition) is 5. The lowest BCUT2D eigenvalue weighted by atomic mass is 10.3. The number of ether oxygens (including phenoxy) is 1. The number of benzene rings is 1. The van der Waals surface area contributed by atoms with E-state index < -0.39 is 4.92 Å². The summed E-state index contributed by atoms with van der Waals surface area (Å²) < 4.78 is 5.26. The van der Waals surface area contributed by atoms with Crippen LogP contribution in [0.25, 0.3) is 0 Å². The molecular formula is C12H8ClNO4S. The summed E-state index contributed by atoms with van der Waals surface area (Å²) in [5.74, 6) is 0.171. The number of halogens is 1. The molecule has 19 heavy (non-hydrogen) atoms. The van der Waals surface area contributed by atoms with E-state index in [1.807, 2.05) is 0 Å². The summed E-state index contributed by atoms with van der Waals surface area (Å²) >= 11 is 7.07. The summed E-state index contributed by atoms with van der Waals surface area (Å²) in [7, 11) is 0. The molecular weight excluding hydrogens is 290 g/mol. The van der Waals surface area contributed by atoms with Crippen LogP contribution in [0.1, 0.15) is 9.67 Å². The van der Waals surface area contributed by atoms with Crippen LogP contribution in [0.4, 0.5) is 5.69 Å². The Morgan fingerprint density at radius 3 is 2.79 bits per heavy atom. The molecule has 0 aliphatic carbocycles. The summed E-state index contributed by atoms with van der Waals surface area (Å²) in [6, 6.07) is 7.46. The summed E-state index contributed by atoms with van der Waals surface area (Å²) in [5, 5.41) is 12.4. The second kappa shape index (κ2) is 5.81. The molecule has 0 bridgehead atoms. The van der Waals surface area contributed by atoms with Crippen LogP contribution in [0.5, 0.6) is 5.75 Å². The monoisotopic (exact) mass is 297 g/mol. The lowest BCUT2D eigenvalue weighted by Crippen LogP contribution is -2.10. The van der Waals surface area contributed by atoms with Gasteiger partial charge in [-0.3, -0.25) is 14.9 Å². The molecule has 0 fully saturated rings. The smallest absolute Gasteiger partial charge is 0.288 e. The van der Waals surface area contributed by atoms with Crippen LogP contribution in [0.2, 0.25) is 5.02 Å². The molecule has 2 rings (SSSR count). The first-order valence-electron chi connectivity index (χ1n) is 5.21. The number of Topliss-reactive ketones (excluding diaryl/α,β-unsaturated/α-hetero) is 1. The van der Waals surface area contributed by atoms with Crippen molar-refractivity contribution < 1.29 is 14.5 Å². The Morgan fingerprint density at radius 1 is 1.42 bits per heavy atom. The van der Waals surface area contributed by atoms with Gasteiger partial charge in [-0.05, 0) is 17.5 Å². The molecule has 0 aliphatic rings. The molecule has 7 heteroatoms. The van der Waals surface area contributed by atoms with Crippen molar-refractivity contribution in [1.82, 2.24) is 0 Å². The maximum atomic E-state index is 11.7. The number of nitrogens with zero attached hydrogens (tertiary/aromatic N) is 1. The molecule has 0 atom stereocenters.